The molecule has 0 bridgehead atoms. The molecule has 0 atom stereocenters. The van der Waals surface area contributed by atoms with Crippen molar-refractivity contribution in [2.24, 2.45) is 5.10 Å². The molecule has 6 heteroatoms. The number of carboxylic acids is 1. The number of carbonyl (C=O) groups is 1. The summed E-state index contributed by atoms with van der Waals surface area (Å²) in [6, 6.07) is 17.0. The third kappa shape index (κ3) is 3.55. The topological polar surface area (TPSA) is 111 Å². The van der Waals surface area contributed by atoms with Crippen molar-refractivity contribution < 1.29 is 15.3 Å². The van der Waals surface area contributed by atoms with E-state index in [0.29, 0.717) is 11.3 Å². The quantitative estimate of drug-likeness (QED) is 0.562. The second kappa shape index (κ2) is 6.81. The van der Waals surface area contributed by atoms with Crippen molar-refractivity contribution >= 4 is 23.1 Å². The van der Waals surface area contributed by atoms with Crippen molar-refractivity contribution in [1.29, 1.82) is 5.26 Å². The molecule has 0 unspecified atom stereocenters. The first kappa shape index (κ1) is 14.9. The molecule has 0 amide bonds. The van der Waals surface area contributed by atoms with E-state index in [2.05, 4.69) is 10.5 Å². The van der Waals surface area contributed by atoms with Crippen LogP contribution in [0.25, 0.3) is 0 Å². The van der Waals surface area contributed by atoms with Crippen molar-refractivity contribution in [3.8, 4) is 6.07 Å². The number of nitrogens with two attached hydrogens (primary N) is 1. The summed E-state index contributed by atoms with van der Waals surface area (Å²) < 4.78 is 0. The molecular formula is C16H13N4O2+. The zero-order valence-corrected chi connectivity index (χ0v) is 11.5. The highest BCUT2D eigenvalue weighted by Crippen LogP contribution is 2.09. The van der Waals surface area contributed by atoms with Gasteiger partial charge in [0, 0.05) is 5.56 Å². The summed E-state index contributed by atoms with van der Waals surface area (Å²) in [5.74, 6) is -1.01. The maximum absolute atomic E-state index is 10.8. The lowest BCUT2D eigenvalue weighted by Crippen LogP contribution is -2.45. The van der Waals surface area contributed by atoms with E-state index < -0.39 is 5.97 Å². The minimum absolute atomic E-state index is 0.0495. The first-order valence-electron chi connectivity index (χ1n) is 6.37. The zero-order chi connectivity index (χ0) is 15.9. The van der Waals surface area contributed by atoms with Gasteiger partial charge in [-0.3, -0.25) is 10.8 Å². The SMILES string of the molecule is N#C/C(=N/Nc1ccc(C(=O)O)cc1)C(=[NH2+])c1ccccc1. The van der Waals surface area contributed by atoms with Gasteiger partial charge in [-0.15, -0.1) is 0 Å². The molecule has 0 spiro atoms. The second-order valence-corrected chi connectivity index (χ2v) is 4.35. The van der Waals surface area contributed by atoms with Gasteiger partial charge in [0.15, 0.2) is 0 Å². The maximum atomic E-state index is 10.8. The molecule has 0 fully saturated rings. The highest BCUT2D eigenvalue weighted by atomic mass is 16.4. The Kier molecular flexibility index (Phi) is 4.63. The Labute approximate surface area is 126 Å². The standard InChI is InChI=1S/C16H12N4O2/c17-10-14(15(18)11-4-2-1-3-5-11)20-19-13-8-6-12(7-9-13)16(21)22/h1-9,18-19H,(H,21,22)/p+1/b18-15?,20-14-. The number of nitrogens with zero attached hydrogens (tertiary/aromatic N) is 2. The largest absolute Gasteiger partial charge is 0.478 e. The Bertz CT molecular complexity index is 759. The van der Waals surface area contributed by atoms with Crippen LogP contribution >= 0.6 is 0 Å². The number of rotatable bonds is 5. The third-order valence-corrected chi connectivity index (χ3v) is 2.87. The van der Waals surface area contributed by atoms with Crippen LogP contribution in [-0.2, 0) is 0 Å². The molecular weight excluding hydrogens is 280 g/mol. The van der Waals surface area contributed by atoms with Gasteiger partial charge in [-0.1, -0.05) is 18.2 Å². The molecule has 0 radical (unpaired) electrons. The van der Waals surface area contributed by atoms with Crippen LogP contribution in [-0.4, -0.2) is 22.5 Å². The highest BCUT2D eigenvalue weighted by Gasteiger charge is 2.15. The van der Waals surface area contributed by atoms with Gasteiger partial charge >= 0.3 is 5.97 Å². The van der Waals surface area contributed by atoms with Crippen LogP contribution < -0.4 is 10.8 Å². The average molecular weight is 293 g/mol. The van der Waals surface area contributed by atoms with Gasteiger partial charge in [-0.05, 0) is 36.4 Å². The van der Waals surface area contributed by atoms with Crippen molar-refractivity contribution in [1.82, 2.24) is 0 Å². The number of nitriles is 1. The molecule has 22 heavy (non-hydrogen) atoms. The minimum Gasteiger partial charge on any atom is -0.478 e. The average Bonchev–Trinajstić information content (AvgIpc) is 2.56. The fourth-order valence-corrected chi connectivity index (χ4v) is 1.71. The number of benzene rings is 2. The Morgan fingerprint density at radius 1 is 1.09 bits per heavy atom. The molecule has 2 aromatic rings. The fraction of sp³-hybridized carbons (Fsp3) is 0. The fourth-order valence-electron chi connectivity index (χ4n) is 1.71. The van der Waals surface area contributed by atoms with E-state index in [1.54, 1.807) is 24.3 Å². The van der Waals surface area contributed by atoms with Crippen LogP contribution in [0.3, 0.4) is 0 Å². The summed E-state index contributed by atoms with van der Waals surface area (Å²) in [5.41, 5.74) is 4.42. The first-order valence-corrected chi connectivity index (χ1v) is 6.37. The number of aromatic carboxylic acids is 1. The molecule has 2 rings (SSSR count). The Hall–Kier alpha value is -3.46. The van der Waals surface area contributed by atoms with Crippen molar-refractivity contribution in [3.05, 3.63) is 65.7 Å². The molecule has 0 aromatic heterocycles. The van der Waals surface area contributed by atoms with E-state index in [1.165, 1.54) is 12.1 Å². The zero-order valence-electron chi connectivity index (χ0n) is 11.5. The summed E-state index contributed by atoms with van der Waals surface area (Å²) in [6.45, 7) is 0. The summed E-state index contributed by atoms with van der Waals surface area (Å²) >= 11 is 0. The normalized spacial score (nSPS) is 10.6. The molecule has 0 aliphatic rings. The van der Waals surface area contributed by atoms with Gasteiger partial charge < -0.3 is 5.11 Å². The predicted molar refractivity (Wildman–Crippen MR) is 82.5 cm³/mol. The Balaban J connectivity index is 2.15. The maximum Gasteiger partial charge on any atom is 0.335 e. The van der Waals surface area contributed by atoms with Gasteiger partial charge in [-0.2, -0.15) is 10.4 Å². The number of hydrazone groups is 1. The Morgan fingerprint density at radius 3 is 2.27 bits per heavy atom. The lowest BCUT2D eigenvalue weighted by Gasteiger charge is -2.02. The van der Waals surface area contributed by atoms with E-state index in [1.807, 2.05) is 24.3 Å². The van der Waals surface area contributed by atoms with Crippen LogP contribution in [0.1, 0.15) is 15.9 Å². The van der Waals surface area contributed by atoms with Gasteiger partial charge in [0.25, 0.3) is 0 Å². The Morgan fingerprint density at radius 2 is 1.73 bits per heavy atom. The van der Waals surface area contributed by atoms with Crippen LogP contribution in [0.4, 0.5) is 5.69 Å². The van der Waals surface area contributed by atoms with Crippen LogP contribution in [0, 0.1) is 11.3 Å². The van der Waals surface area contributed by atoms with Gasteiger partial charge in [0.2, 0.25) is 11.4 Å². The van der Waals surface area contributed by atoms with Crippen LogP contribution in [0.15, 0.2) is 59.7 Å². The lowest BCUT2D eigenvalue weighted by atomic mass is 10.1. The number of nitrogens with one attached hydrogen (secondary N) is 1. The van der Waals surface area contributed by atoms with E-state index in [0.717, 1.165) is 0 Å². The molecule has 0 saturated carbocycles. The third-order valence-electron chi connectivity index (χ3n) is 2.87. The van der Waals surface area contributed by atoms with E-state index >= 15 is 0 Å². The molecule has 0 aliphatic heterocycles. The van der Waals surface area contributed by atoms with Crippen molar-refractivity contribution in [2.45, 2.75) is 0 Å². The summed E-state index contributed by atoms with van der Waals surface area (Å²) in [7, 11) is 0. The van der Waals surface area contributed by atoms with Gasteiger partial charge in [0.05, 0.1) is 11.3 Å². The molecule has 6 nitrogen and oxygen atoms in total. The van der Waals surface area contributed by atoms with E-state index in [9.17, 15) is 4.79 Å². The summed E-state index contributed by atoms with van der Waals surface area (Å²) in [6.07, 6.45) is 0. The minimum atomic E-state index is -1.01. The molecule has 0 aliphatic carbocycles. The van der Waals surface area contributed by atoms with Gasteiger partial charge in [0.1, 0.15) is 6.07 Å². The summed E-state index contributed by atoms with van der Waals surface area (Å²) in [5, 5.41) is 27.9. The monoisotopic (exact) mass is 293 g/mol. The van der Waals surface area contributed by atoms with Crippen LogP contribution in [0.5, 0.6) is 0 Å². The van der Waals surface area contributed by atoms with Crippen molar-refractivity contribution in [3.63, 3.8) is 0 Å². The molecule has 4 N–H and O–H groups in total. The number of anilines is 1. The number of carboxylic acid groups (broad SMARTS) is 1. The second-order valence-electron chi connectivity index (χ2n) is 4.35. The predicted octanol–water partition coefficient (Wildman–Crippen LogP) is 0.925. The molecule has 0 heterocycles. The number of hydrogen-bond acceptors (Lipinski definition) is 4. The van der Waals surface area contributed by atoms with Crippen LogP contribution in [0.2, 0.25) is 0 Å². The molecule has 2 aromatic carbocycles. The summed E-state index contributed by atoms with van der Waals surface area (Å²) in [4.78, 5) is 10.8. The first-order chi connectivity index (χ1) is 10.6. The molecule has 0 saturated heterocycles. The number of hydrogen-bond donors (Lipinski definition) is 3. The van der Waals surface area contributed by atoms with E-state index in [4.69, 9.17) is 15.8 Å². The van der Waals surface area contributed by atoms with E-state index in [-0.39, 0.29) is 17.0 Å². The lowest BCUT2D eigenvalue weighted by molar-refractivity contribution is -0.109. The highest BCUT2D eigenvalue weighted by molar-refractivity contribution is 6.51. The molecule has 108 valence electrons. The smallest absolute Gasteiger partial charge is 0.335 e. The van der Waals surface area contributed by atoms with Crippen molar-refractivity contribution in [2.75, 3.05) is 5.43 Å². The van der Waals surface area contributed by atoms with Gasteiger partial charge in [-0.25, -0.2) is 4.79 Å².